The Hall–Kier alpha value is -0.730. The molecule has 0 fully saturated rings. The molecule has 74 valence electrons. The van der Waals surface area contributed by atoms with Crippen molar-refractivity contribution < 1.29 is 5.11 Å². The van der Waals surface area contributed by atoms with Gasteiger partial charge in [-0.3, -0.25) is 4.99 Å². The summed E-state index contributed by atoms with van der Waals surface area (Å²) in [6, 6.07) is -0.163. The zero-order chi connectivity index (χ0) is 10.3. The average Bonchev–Trinajstić information content (AvgIpc) is 2.08. The average molecular weight is 230 g/mol. The molecular weight excluding hydrogens is 221 g/mol. The molecule has 0 aromatic heterocycles. The van der Waals surface area contributed by atoms with E-state index in [0.717, 1.165) is 5.57 Å². The lowest BCUT2D eigenvalue weighted by Gasteiger charge is -2.26. The molecule has 2 rings (SSSR count). The zero-order valence-corrected chi connectivity index (χ0v) is 9.05. The first kappa shape index (κ1) is 9.81. The molecule has 2 atom stereocenters. The van der Waals surface area contributed by atoms with E-state index in [1.807, 2.05) is 13.0 Å². The van der Waals surface area contributed by atoms with Crippen LogP contribution in [0.25, 0.3) is 0 Å². The Kier molecular flexibility index (Phi) is 2.41. The SMILES string of the molecule is CC1=CC2C(Cl)=CC(Cl)=NC2C=C1O. The van der Waals surface area contributed by atoms with Crippen molar-refractivity contribution in [2.75, 3.05) is 0 Å². The van der Waals surface area contributed by atoms with E-state index in [1.165, 1.54) is 0 Å². The summed E-state index contributed by atoms with van der Waals surface area (Å²) in [6.45, 7) is 1.84. The Morgan fingerprint density at radius 2 is 2.07 bits per heavy atom. The van der Waals surface area contributed by atoms with Gasteiger partial charge in [-0.05, 0) is 24.6 Å². The highest BCUT2D eigenvalue weighted by Crippen LogP contribution is 2.34. The lowest BCUT2D eigenvalue weighted by molar-refractivity contribution is 0.409. The fraction of sp³-hybridized carbons (Fsp3) is 0.300. The van der Waals surface area contributed by atoms with Gasteiger partial charge in [0.05, 0.1) is 6.04 Å². The Bertz CT molecular complexity index is 393. The van der Waals surface area contributed by atoms with Crippen LogP contribution >= 0.6 is 23.2 Å². The first-order chi connectivity index (χ1) is 6.58. The van der Waals surface area contributed by atoms with Gasteiger partial charge in [-0.15, -0.1) is 0 Å². The van der Waals surface area contributed by atoms with Gasteiger partial charge in [0.25, 0.3) is 0 Å². The predicted molar refractivity (Wildman–Crippen MR) is 59.0 cm³/mol. The first-order valence-corrected chi connectivity index (χ1v) is 5.03. The first-order valence-electron chi connectivity index (χ1n) is 4.28. The molecule has 0 aromatic rings. The van der Waals surface area contributed by atoms with E-state index in [0.29, 0.717) is 10.2 Å². The molecule has 0 bridgehead atoms. The maximum Gasteiger partial charge on any atom is 0.125 e. The largest absolute Gasteiger partial charge is 0.508 e. The fourth-order valence-electron chi connectivity index (χ4n) is 1.60. The van der Waals surface area contributed by atoms with Crippen molar-refractivity contribution in [3.8, 4) is 0 Å². The normalized spacial score (nSPS) is 31.1. The molecule has 1 aliphatic carbocycles. The number of fused-ring (bicyclic) bond motifs is 1. The molecule has 0 radical (unpaired) electrons. The molecule has 0 spiro atoms. The second kappa shape index (κ2) is 3.44. The minimum Gasteiger partial charge on any atom is -0.508 e. The van der Waals surface area contributed by atoms with Crippen LogP contribution in [0.1, 0.15) is 6.92 Å². The van der Waals surface area contributed by atoms with Gasteiger partial charge < -0.3 is 5.11 Å². The van der Waals surface area contributed by atoms with Crippen molar-refractivity contribution in [1.82, 2.24) is 0 Å². The molecule has 1 aliphatic heterocycles. The minimum atomic E-state index is -0.163. The number of hydrogen-bond donors (Lipinski definition) is 1. The van der Waals surface area contributed by atoms with Gasteiger partial charge in [0.1, 0.15) is 10.9 Å². The third-order valence-electron chi connectivity index (χ3n) is 2.38. The van der Waals surface area contributed by atoms with E-state index in [9.17, 15) is 5.11 Å². The number of halogens is 2. The Balaban J connectivity index is 2.41. The third kappa shape index (κ3) is 1.60. The van der Waals surface area contributed by atoms with E-state index in [2.05, 4.69) is 4.99 Å². The molecule has 1 N–H and O–H groups in total. The minimum absolute atomic E-state index is 0.0232. The second-order valence-electron chi connectivity index (χ2n) is 3.40. The molecular formula is C10H9Cl2NO. The monoisotopic (exact) mass is 229 g/mol. The van der Waals surface area contributed by atoms with Gasteiger partial charge in [-0.1, -0.05) is 29.3 Å². The van der Waals surface area contributed by atoms with Gasteiger partial charge in [0.2, 0.25) is 0 Å². The van der Waals surface area contributed by atoms with Crippen LogP contribution in [0, 0.1) is 5.92 Å². The maximum absolute atomic E-state index is 9.51. The summed E-state index contributed by atoms with van der Waals surface area (Å²) in [5.74, 6) is 0.279. The van der Waals surface area contributed by atoms with E-state index < -0.39 is 0 Å². The van der Waals surface area contributed by atoms with E-state index >= 15 is 0 Å². The van der Waals surface area contributed by atoms with Gasteiger partial charge in [0.15, 0.2) is 0 Å². The van der Waals surface area contributed by atoms with Crippen LogP contribution in [0.2, 0.25) is 0 Å². The summed E-state index contributed by atoms with van der Waals surface area (Å²) in [4.78, 5) is 4.18. The second-order valence-corrected chi connectivity index (χ2v) is 4.22. The molecule has 2 aliphatic rings. The van der Waals surface area contributed by atoms with Crippen molar-refractivity contribution in [2.45, 2.75) is 13.0 Å². The summed E-state index contributed by atoms with van der Waals surface area (Å²) >= 11 is 11.8. The number of hydrogen-bond acceptors (Lipinski definition) is 2. The van der Waals surface area contributed by atoms with Gasteiger partial charge >= 0.3 is 0 Å². The van der Waals surface area contributed by atoms with Crippen LogP contribution in [0.4, 0.5) is 0 Å². The molecule has 14 heavy (non-hydrogen) atoms. The van der Waals surface area contributed by atoms with Crippen LogP contribution in [0.15, 0.2) is 39.6 Å². The number of aliphatic hydroxyl groups is 1. The van der Waals surface area contributed by atoms with E-state index in [1.54, 1.807) is 12.2 Å². The van der Waals surface area contributed by atoms with E-state index in [4.69, 9.17) is 23.2 Å². The molecule has 2 unspecified atom stereocenters. The van der Waals surface area contributed by atoms with Crippen LogP contribution < -0.4 is 0 Å². The maximum atomic E-state index is 9.51. The summed E-state index contributed by atoms with van der Waals surface area (Å²) in [7, 11) is 0. The summed E-state index contributed by atoms with van der Waals surface area (Å²) in [6.07, 6.45) is 5.23. The van der Waals surface area contributed by atoms with Crippen LogP contribution in [-0.4, -0.2) is 16.3 Å². The summed E-state index contributed by atoms with van der Waals surface area (Å²) < 4.78 is 0. The number of nitrogens with zero attached hydrogens (tertiary/aromatic N) is 1. The lowest BCUT2D eigenvalue weighted by Crippen LogP contribution is -2.23. The van der Waals surface area contributed by atoms with Gasteiger partial charge in [0, 0.05) is 11.0 Å². The number of allylic oxidation sites excluding steroid dienone is 2. The van der Waals surface area contributed by atoms with Crippen LogP contribution in [-0.2, 0) is 0 Å². The van der Waals surface area contributed by atoms with Gasteiger partial charge in [-0.25, -0.2) is 0 Å². The van der Waals surface area contributed by atoms with Crippen molar-refractivity contribution in [2.24, 2.45) is 10.9 Å². The van der Waals surface area contributed by atoms with Crippen LogP contribution in [0.3, 0.4) is 0 Å². The quantitative estimate of drug-likeness (QED) is 0.681. The Labute approximate surface area is 92.2 Å². The Morgan fingerprint density at radius 3 is 2.79 bits per heavy atom. The predicted octanol–water partition coefficient (Wildman–Crippen LogP) is 3.15. The Morgan fingerprint density at radius 1 is 1.36 bits per heavy atom. The van der Waals surface area contributed by atoms with Crippen molar-refractivity contribution in [3.05, 3.63) is 34.6 Å². The van der Waals surface area contributed by atoms with Gasteiger partial charge in [-0.2, -0.15) is 0 Å². The summed E-state index contributed by atoms with van der Waals surface area (Å²) in [5.41, 5.74) is 0.825. The molecule has 0 amide bonds. The number of rotatable bonds is 0. The highest BCUT2D eigenvalue weighted by molar-refractivity contribution is 6.69. The zero-order valence-electron chi connectivity index (χ0n) is 7.54. The van der Waals surface area contributed by atoms with Crippen molar-refractivity contribution in [1.29, 1.82) is 0 Å². The summed E-state index contributed by atoms with van der Waals surface area (Å²) in [5, 5.41) is 10.6. The van der Waals surface area contributed by atoms with Crippen LogP contribution in [0.5, 0.6) is 0 Å². The molecule has 0 saturated heterocycles. The number of aliphatic hydroxyl groups excluding tert-OH is 1. The van der Waals surface area contributed by atoms with Crippen molar-refractivity contribution >= 4 is 28.4 Å². The lowest BCUT2D eigenvalue weighted by atomic mass is 9.89. The fourth-order valence-corrected chi connectivity index (χ4v) is 2.18. The number of dihydropyridines is 1. The van der Waals surface area contributed by atoms with E-state index in [-0.39, 0.29) is 17.7 Å². The molecule has 2 nitrogen and oxygen atoms in total. The third-order valence-corrected chi connectivity index (χ3v) is 2.95. The smallest absolute Gasteiger partial charge is 0.125 e. The highest BCUT2D eigenvalue weighted by Gasteiger charge is 2.28. The molecule has 0 aromatic carbocycles. The standard InChI is InChI=1S/C10H9Cl2NO/c1-5-2-6-7(11)3-10(12)13-8(6)4-9(5)14/h2-4,6,8,14H,1H3. The number of aliphatic imine (C=N–C) groups is 1. The van der Waals surface area contributed by atoms with Crippen molar-refractivity contribution in [3.63, 3.8) is 0 Å². The molecule has 4 heteroatoms. The molecule has 0 saturated carbocycles. The topological polar surface area (TPSA) is 32.6 Å². The highest BCUT2D eigenvalue weighted by atomic mass is 35.5. The molecule has 1 heterocycles.